The van der Waals surface area contributed by atoms with Crippen LogP contribution in [0.2, 0.25) is 0 Å². The van der Waals surface area contributed by atoms with Crippen LogP contribution in [0.4, 0.5) is 17.6 Å². The lowest BCUT2D eigenvalue weighted by atomic mass is 10.2. The molecule has 0 saturated carbocycles. The molecule has 1 heterocycles. The summed E-state index contributed by atoms with van der Waals surface area (Å²) >= 11 is 0. The molecule has 0 aromatic carbocycles. The summed E-state index contributed by atoms with van der Waals surface area (Å²) in [5.41, 5.74) is 5.26. The standard InChI is InChI=1S/C8H12F4N2O/c9-6(10)8(11,12)7(15)14-3-1-2-5(14)4-13/h5-6H,1-4,13H2. The third kappa shape index (κ3) is 2.22. The van der Waals surface area contributed by atoms with Crippen molar-refractivity contribution in [3.05, 3.63) is 0 Å². The van der Waals surface area contributed by atoms with E-state index in [4.69, 9.17) is 5.73 Å². The number of halogens is 4. The van der Waals surface area contributed by atoms with Gasteiger partial charge in [0.2, 0.25) is 0 Å². The topological polar surface area (TPSA) is 46.3 Å². The summed E-state index contributed by atoms with van der Waals surface area (Å²) in [7, 11) is 0. The van der Waals surface area contributed by atoms with Gasteiger partial charge in [-0.2, -0.15) is 8.78 Å². The van der Waals surface area contributed by atoms with Crippen molar-refractivity contribution in [1.29, 1.82) is 0 Å². The lowest BCUT2D eigenvalue weighted by molar-refractivity contribution is -0.181. The van der Waals surface area contributed by atoms with Crippen LogP contribution in [0.1, 0.15) is 12.8 Å². The summed E-state index contributed by atoms with van der Waals surface area (Å²) in [5.74, 6) is -6.41. The molecular formula is C8H12F4N2O. The SMILES string of the molecule is NCC1CCCN1C(=O)C(F)(F)C(F)F. The molecule has 1 amide bonds. The second-order valence-corrected chi connectivity index (χ2v) is 3.45. The Morgan fingerprint density at radius 2 is 2.13 bits per heavy atom. The molecule has 1 rings (SSSR count). The van der Waals surface area contributed by atoms with E-state index < -0.39 is 24.3 Å². The molecule has 15 heavy (non-hydrogen) atoms. The van der Waals surface area contributed by atoms with Gasteiger partial charge in [-0.1, -0.05) is 0 Å². The van der Waals surface area contributed by atoms with Gasteiger partial charge in [0.05, 0.1) is 0 Å². The zero-order valence-electron chi connectivity index (χ0n) is 7.93. The van der Waals surface area contributed by atoms with E-state index in [1.165, 1.54) is 0 Å². The number of nitrogens with zero attached hydrogens (tertiary/aromatic N) is 1. The number of nitrogens with two attached hydrogens (primary N) is 1. The molecule has 1 aliphatic heterocycles. The maximum atomic E-state index is 12.7. The van der Waals surface area contributed by atoms with Crippen molar-refractivity contribution < 1.29 is 22.4 Å². The average molecular weight is 228 g/mol. The van der Waals surface area contributed by atoms with E-state index in [-0.39, 0.29) is 13.1 Å². The number of likely N-dealkylation sites (tertiary alicyclic amines) is 1. The number of carbonyl (C=O) groups is 1. The van der Waals surface area contributed by atoms with Crippen molar-refractivity contribution in [1.82, 2.24) is 4.90 Å². The molecule has 7 heteroatoms. The molecule has 1 saturated heterocycles. The Morgan fingerprint density at radius 1 is 1.53 bits per heavy atom. The van der Waals surface area contributed by atoms with Crippen LogP contribution in [0.5, 0.6) is 0 Å². The minimum Gasteiger partial charge on any atom is -0.333 e. The zero-order valence-corrected chi connectivity index (χ0v) is 7.93. The van der Waals surface area contributed by atoms with Gasteiger partial charge < -0.3 is 10.6 Å². The van der Waals surface area contributed by atoms with Crippen LogP contribution >= 0.6 is 0 Å². The molecule has 2 N–H and O–H groups in total. The summed E-state index contributed by atoms with van der Waals surface area (Å²) in [6.45, 7) is 0.0913. The highest BCUT2D eigenvalue weighted by Crippen LogP contribution is 2.29. The quantitative estimate of drug-likeness (QED) is 0.727. The van der Waals surface area contributed by atoms with Crippen molar-refractivity contribution in [2.24, 2.45) is 5.73 Å². The van der Waals surface area contributed by atoms with Crippen LogP contribution in [0.25, 0.3) is 0 Å². The van der Waals surface area contributed by atoms with Crippen LogP contribution in [-0.2, 0) is 4.79 Å². The first-order chi connectivity index (χ1) is 6.91. The van der Waals surface area contributed by atoms with Gasteiger partial charge in [0, 0.05) is 19.1 Å². The number of alkyl halides is 4. The van der Waals surface area contributed by atoms with Gasteiger partial charge in [0.25, 0.3) is 5.91 Å². The van der Waals surface area contributed by atoms with Crippen molar-refractivity contribution in [2.75, 3.05) is 13.1 Å². The fraction of sp³-hybridized carbons (Fsp3) is 0.875. The molecule has 0 aromatic heterocycles. The summed E-state index contributed by atoms with van der Waals surface area (Å²) < 4.78 is 49.3. The van der Waals surface area contributed by atoms with Gasteiger partial charge in [-0.3, -0.25) is 4.79 Å². The number of hydrogen-bond acceptors (Lipinski definition) is 2. The third-order valence-corrected chi connectivity index (χ3v) is 2.47. The molecular weight excluding hydrogens is 216 g/mol. The number of hydrogen-bond donors (Lipinski definition) is 1. The predicted octanol–water partition coefficient (Wildman–Crippen LogP) is 0.836. The van der Waals surface area contributed by atoms with Crippen LogP contribution in [0.15, 0.2) is 0 Å². The Balaban J connectivity index is 2.75. The fourth-order valence-electron chi connectivity index (χ4n) is 1.63. The molecule has 0 spiro atoms. The highest BCUT2D eigenvalue weighted by atomic mass is 19.3. The molecule has 3 nitrogen and oxygen atoms in total. The molecule has 1 unspecified atom stereocenters. The summed E-state index contributed by atoms with van der Waals surface area (Å²) in [6.07, 6.45) is -2.96. The van der Waals surface area contributed by atoms with E-state index in [9.17, 15) is 22.4 Å². The minimum absolute atomic E-state index is 0.0189. The first-order valence-corrected chi connectivity index (χ1v) is 4.58. The van der Waals surface area contributed by atoms with E-state index in [1.807, 2.05) is 0 Å². The van der Waals surface area contributed by atoms with Crippen LogP contribution < -0.4 is 5.73 Å². The highest BCUT2D eigenvalue weighted by molar-refractivity contribution is 5.84. The Bertz CT molecular complexity index is 247. The number of rotatable bonds is 3. The molecule has 0 aromatic rings. The normalized spacial score (nSPS) is 22.5. The Morgan fingerprint density at radius 3 is 2.60 bits per heavy atom. The van der Waals surface area contributed by atoms with Crippen molar-refractivity contribution >= 4 is 5.91 Å². The molecule has 0 radical (unpaired) electrons. The van der Waals surface area contributed by atoms with E-state index in [0.717, 1.165) is 4.90 Å². The van der Waals surface area contributed by atoms with Crippen LogP contribution in [-0.4, -0.2) is 42.3 Å². The van der Waals surface area contributed by atoms with Crippen molar-refractivity contribution in [3.8, 4) is 0 Å². The maximum Gasteiger partial charge on any atom is 0.383 e. The zero-order chi connectivity index (χ0) is 11.6. The third-order valence-electron chi connectivity index (χ3n) is 2.47. The molecule has 1 fully saturated rings. The molecule has 0 bridgehead atoms. The van der Waals surface area contributed by atoms with Crippen molar-refractivity contribution in [3.63, 3.8) is 0 Å². The van der Waals surface area contributed by atoms with Gasteiger partial charge in [-0.15, -0.1) is 0 Å². The number of amides is 1. The molecule has 1 aliphatic rings. The van der Waals surface area contributed by atoms with E-state index in [0.29, 0.717) is 12.8 Å². The predicted molar refractivity (Wildman–Crippen MR) is 44.7 cm³/mol. The van der Waals surface area contributed by atoms with Gasteiger partial charge >= 0.3 is 12.3 Å². The first kappa shape index (κ1) is 12.2. The van der Waals surface area contributed by atoms with E-state index in [1.54, 1.807) is 0 Å². The van der Waals surface area contributed by atoms with Gasteiger partial charge in [0.1, 0.15) is 0 Å². The van der Waals surface area contributed by atoms with Crippen LogP contribution in [0.3, 0.4) is 0 Å². The lowest BCUT2D eigenvalue weighted by Gasteiger charge is -2.27. The molecule has 1 atom stereocenters. The highest BCUT2D eigenvalue weighted by Gasteiger charge is 2.52. The van der Waals surface area contributed by atoms with Crippen molar-refractivity contribution in [2.45, 2.75) is 31.2 Å². The second kappa shape index (κ2) is 4.34. The molecule has 88 valence electrons. The Hall–Kier alpha value is -0.850. The monoisotopic (exact) mass is 228 g/mol. The summed E-state index contributed by atoms with van der Waals surface area (Å²) in [5, 5.41) is 0. The summed E-state index contributed by atoms with van der Waals surface area (Å²) in [6, 6.07) is -0.540. The minimum atomic E-state index is -4.60. The lowest BCUT2D eigenvalue weighted by Crippen LogP contribution is -2.51. The maximum absolute atomic E-state index is 12.7. The van der Waals surface area contributed by atoms with Gasteiger partial charge in [0.15, 0.2) is 0 Å². The average Bonchev–Trinajstić information content (AvgIpc) is 2.63. The Labute approximate surface area is 84.2 Å². The van der Waals surface area contributed by atoms with Crippen LogP contribution in [0, 0.1) is 0 Å². The Kier molecular flexibility index (Phi) is 3.54. The fourth-order valence-corrected chi connectivity index (χ4v) is 1.63. The largest absolute Gasteiger partial charge is 0.383 e. The summed E-state index contributed by atoms with van der Waals surface area (Å²) in [4.78, 5) is 11.9. The van der Waals surface area contributed by atoms with Gasteiger partial charge in [-0.25, -0.2) is 8.78 Å². The smallest absolute Gasteiger partial charge is 0.333 e. The first-order valence-electron chi connectivity index (χ1n) is 4.58. The molecule has 0 aliphatic carbocycles. The van der Waals surface area contributed by atoms with Gasteiger partial charge in [-0.05, 0) is 12.8 Å². The van der Waals surface area contributed by atoms with E-state index in [2.05, 4.69) is 0 Å². The number of carbonyl (C=O) groups excluding carboxylic acids is 1. The van der Waals surface area contributed by atoms with E-state index >= 15 is 0 Å². The second-order valence-electron chi connectivity index (χ2n) is 3.45.